The normalized spacial score (nSPS) is 23.1. The van der Waals surface area contributed by atoms with Crippen LogP contribution in [0.2, 0.25) is 5.02 Å². The summed E-state index contributed by atoms with van der Waals surface area (Å²) in [5, 5.41) is 9.51. The number of amides is 4. The molecule has 2 aromatic rings. The maximum absolute atomic E-state index is 13.4. The van der Waals surface area contributed by atoms with Crippen LogP contribution < -0.4 is 9.64 Å². The molecule has 35 heavy (non-hydrogen) atoms. The van der Waals surface area contributed by atoms with Gasteiger partial charge in [0.2, 0.25) is 0 Å². The number of anilines is 1. The van der Waals surface area contributed by atoms with Gasteiger partial charge >= 0.3 is 12.2 Å². The lowest BCUT2D eigenvalue weighted by Crippen LogP contribution is -2.55. The Hall–Kier alpha value is -3.78. The molecule has 12 heteroatoms. The largest absolute Gasteiger partial charge is 0.484 e. The maximum atomic E-state index is 13.4. The van der Waals surface area contributed by atoms with Crippen LogP contribution in [0.4, 0.5) is 23.7 Å². The van der Waals surface area contributed by atoms with E-state index in [1.807, 2.05) is 0 Å². The van der Waals surface area contributed by atoms with Gasteiger partial charge in [-0.05, 0) is 48.9 Å². The van der Waals surface area contributed by atoms with Crippen LogP contribution in [0.5, 0.6) is 5.75 Å². The van der Waals surface area contributed by atoms with Crippen LogP contribution in [-0.4, -0.2) is 58.9 Å². The van der Waals surface area contributed by atoms with E-state index in [4.69, 9.17) is 21.6 Å². The first kappa shape index (κ1) is 23.0. The third kappa shape index (κ3) is 3.74. The lowest BCUT2D eigenvalue weighted by Gasteiger charge is -2.34. The van der Waals surface area contributed by atoms with E-state index in [2.05, 4.69) is 0 Å². The van der Waals surface area contributed by atoms with E-state index in [0.717, 1.165) is 12.1 Å². The fraction of sp³-hybridized carbons (Fsp3) is 0.304. The Balaban J connectivity index is 1.35. The van der Waals surface area contributed by atoms with E-state index in [1.165, 1.54) is 15.9 Å². The van der Waals surface area contributed by atoms with Gasteiger partial charge < -0.3 is 14.5 Å². The number of nitriles is 1. The molecule has 3 atom stereocenters. The molecule has 2 aromatic carbocycles. The number of carbonyl (C=O) groups excluding carboxylic acids is 3. The molecule has 0 radical (unpaired) electrons. The highest BCUT2D eigenvalue weighted by atomic mass is 35.5. The Morgan fingerprint density at radius 3 is 2.54 bits per heavy atom. The molecule has 3 saturated heterocycles. The van der Waals surface area contributed by atoms with Crippen molar-refractivity contribution < 1.29 is 32.3 Å². The Bertz CT molecular complexity index is 1280. The van der Waals surface area contributed by atoms with Crippen LogP contribution >= 0.6 is 11.6 Å². The summed E-state index contributed by atoms with van der Waals surface area (Å²) in [5.41, 5.74) is -2.12. The molecule has 3 aliphatic rings. The molecule has 0 aromatic heterocycles. The third-order valence-corrected chi connectivity index (χ3v) is 6.70. The number of likely N-dealkylation sites (tertiary alicyclic amines) is 1. The maximum Gasteiger partial charge on any atom is 0.417 e. The molecule has 4 amide bonds. The molecule has 5 rings (SSSR count). The number of nitrogens with zero attached hydrogens (tertiary/aromatic N) is 4. The summed E-state index contributed by atoms with van der Waals surface area (Å²) in [5.74, 6) is -0.645. The second-order valence-electron chi connectivity index (χ2n) is 8.39. The number of alkyl halides is 3. The van der Waals surface area contributed by atoms with Crippen molar-refractivity contribution >= 4 is 35.1 Å². The number of imide groups is 1. The summed E-state index contributed by atoms with van der Waals surface area (Å²) in [6.45, 7) is -0.0913. The van der Waals surface area contributed by atoms with E-state index in [-0.39, 0.29) is 24.7 Å². The standard InChI is InChI=1S/C23H16ClF3N4O4/c24-13-2-5-16(6-3-13)35-11-19(32)29-10-15-8-18(29)20-21(33)31(22(34)30(15)20)14-4-1-12(9-28)17(7-14)23(25,26)27/h1-7,15,18,20H,8,10-11H2/t15?,18?,20-/m1/s1. The van der Waals surface area contributed by atoms with Crippen LogP contribution in [0, 0.1) is 11.3 Å². The minimum atomic E-state index is -4.84. The highest BCUT2D eigenvalue weighted by Gasteiger charge is 2.63. The smallest absolute Gasteiger partial charge is 0.417 e. The number of urea groups is 1. The van der Waals surface area contributed by atoms with Crippen molar-refractivity contribution in [3.05, 3.63) is 58.6 Å². The van der Waals surface area contributed by atoms with Crippen LogP contribution in [-0.2, 0) is 15.8 Å². The summed E-state index contributed by atoms with van der Waals surface area (Å²) >= 11 is 5.83. The molecule has 8 nitrogen and oxygen atoms in total. The van der Waals surface area contributed by atoms with Gasteiger partial charge in [-0.2, -0.15) is 18.4 Å². The molecular formula is C23H16ClF3N4O4. The van der Waals surface area contributed by atoms with Gasteiger partial charge in [-0.1, -0.05) is 11.6 Å². The molecule has 0 saturated carbocycles. The summed E-state index contributed by atoms with van der Waals surface area (Å²) in [7, 11) is 0. The van der Waals surface area contributed by atoms with Gasteiger partial charge in [0.05, 0.1) is 35.0 Å². The highest BCUT2D eigenvalue weighted by Crippen LogP contribution is 2.43. The van der Waals surface area contributed by atoms with E-state index >= 15 is 0 Å². The molecule has 180 valence electrons. The van der Waals surface area contributed by atoms with Crippen molar-refractivity contribution in [1.29, 1.82) is 5.26 Å². The summed E-state index contributed by atoms with van der Waals surface area (Å²) in [6.07, 6.45) is -4.45. The molecular weight excluding hydrogens is 489 g/mol. The summed E-state index contributed by atoms with van der Waals surface area (Å²) in [6, 6.07) is 7.82. The zero-order chi connectivity index (χ0) is 25.1. The number of ether oxygens (including phenoxy) is 1. The second kappa shape index (κ2) is 8.16. The Morgan fingerprint density at radius 1 is 1.17 bits per heavy atom. The third-order valence-electron chi connectivity index (χ3n) is 6.45. The fourth-order valence-corrected chi connectivity index (χ4v) is 5.07. The van der Waals surface area contributed by atoms with Crippen molar-refractivity contribution in [3.8, 4) is 11.8 Å². The fourth-order valence-electron chi connectivity index (χ4n) is 4.94. The van der Waals surface area contributed by atoms with E-state index in [1.54, 1.807) is 24.3 Å². The van der Waals surface area contributed by atoms with Gasteiger partial charge in [0.1, 0.15) is 11.8 Å². The van der Waals surface area contributed by atoms with Gasteiger partial charge in [0.25, 0.3) is 11.8 Å². The van der Waals surface area contributed by atoms with Crippen LogP contribution in [0.1, 0.15) is 17.5 Å². The van der Waals surface area contributed by atoms with Crippen LogP contribution in [0.25, 0.3) is 0 Å². The Labute approximate surface area is 202 Å². The molecule has 0 aliphatic carbocycles. The lowest BCUT2D eigenvalue weighted by molar-refractivity contribution is -0.138. The first-order valence-electron chi connectivity index (χ1n) is 10.6. The van der Waals surface area contributed by atoms with E-state index < -0.39 is 47.4 Å². The predicted octanol–water partition coefficient (Wildman–Crippen LogP) is 3.43. The number of piperazine rings is 1. The monoisotopic (exact) mass is 504 g/mol. The van der Waals surface area contributed by atoms with Crippen LogP contribution in [0.15, 0.2) is 42.5 Å². The van der Waals surface area contributed by atoms with E-state index in [9.17, 15) is 27.6 Å². The molecule has 3 heterocycles. The van der Waals surface area contributed by atoms with Gasteiger partial charge in [0, 0.05) is 11.6 Å². The number of hydrogen-bond donors (Lipinski definition) is 0. The van der Waals surface area contributed by atoms with Crippen molar-refractivity contribution in [2.75, 3.05) is 18.1 Å². The molecule has 3 aliphatic heterocycles. The molecule has 0 N–H and O–H groups in total. The number of carbonyl (C=O) groups is 3. The second-order valence-corrected chi connectivity index (χ2v) is 8.83. The average Bonchev–Trinajstić information content (AvgIpc) is 3.49. The molecule has 3 fully saturated rings. The highest BCUT2D eigenvalue weighted by molar-refractivity contribution is 6.30. The van der Waals surface area contributed by atoms with Crippen LogP contribution in [0.3, 0.4) is 0 Å². The van der Waals surface area contributed by atoms with Crippen molar-refractivity contribution in [2.24, 2.45) is 0 Å². The van der Waals surface area contributed by atoms with Gasteiger partial charge in [-0.15, -0.1) is 0 Å². The average molecular weight is 505 g/mol. The zero-order valence-electron chi connectivity index (χ0n) is 17.8. The van der Waals surface area contributed by atoms with Crippen molar-refractivity contribution in [1.82, 2.24) is 9.80 Å². The predicted molar refractivity (Wildman–Crippen MR) is 116 cm³/mol. The van der Waals surface area contributed by atoms with E-state index in [0.29, 0.717) is 28.2 Å². The van der Waals surface area contributed by atoms with Gasteiger partial charge in [0.15, 0.2) is 6.61 Å². The molecule has 2 bridgehead atoms. The number of halogens is 4. The Morgan fingerprint density at radius 2 is 1.89 bits per heavy atom. The first-order valence-corrected chi connectivity index (χ1v) is 10.9. The van der Waals surface area contributed by atoms with Crippen molar-refractivity contribution in [2.45, 2.75) is 30.7 Å². The number of rotatable bonds is 4. The molecule has 0 spiro atoms. The SMILES string of the molecule is N#Cc1ccc(N2C(=O)[C@H]3C4CC(CN4C(=O)COc4ccc(Cl)cc4)N3C2=O)cc1C(F)(F)F. The zero-order valence-corrected chi connectivity index (χ0v) is 18.6. The van der Waals surface area contributed by atoms with Gasteiger partial charge in [-0.25, -0.2) is 9.69 Å². The lowest BCUT2D eigenvalue weighted by atomic mass is 10.1. The Kier molecular flexibility index (Phi) is 5.36. The van der Waals surface area contributed by atoms with Gasteiger partial charge in [-0.3, -0.25) is 9.59 Å². The minimum Gasteiger partial charge on any atom is -0.484 e. The number of hydrogen-bond acceptors (Lipinski definition) is 5. The number of benzene rings is 2. The molecule has 2 unspecified atom stereocenters. The first-order chi connectivity index (χ1) is 16.6. The quantitative estimate of drug-likeness (QED) is 0.595. The summed E-state index contributed by atoms with van der Waals surface area (Å²) < 4.78 is 45.7. The summed E-state index contributed by atoms with van der Waals surface area (Å²) in [4.78, 5) is 42.6. The minimum absolute atomic E-state index is 0.192. The number of fused-ring (bicyclic) bond motifs is 5. The van der Waals surface area contributed by atoms with Crippen molar-refractivity contribution in [3.63, 3.8) is 0 Å². The topological polar surface area (TPSA) is 93.9 Å².